The second-order valence-corrected chi connectivity index (χ2v) is 5.24. The number of aromatic nitrogens is 3. The first-order valence-electron chi connectivity index (χ1n) is 6.38. The second-order valence-electron chi connectivity index (χ2n) is 4.36. The van der Waals surface area contributed by atoms with Crippen molar-refractivity contribution in [2.24, 2.45) is 0 Å². The monoisotopic (exact) mass is 286 g/mol. The molecule has 0 spiro atoms. The third kappa shape index (κ3) is 2.18. The zero-order valence-electron chi connectivity index (χ0n) is 11.1. The number of hydrogen-bond donors (Lipinski definition) is 0. The Balaban J connectivity index is 1.98. The van der Waals surface area contributed by atoms with Crippen molar-refractivity contribution < 1.29 is 4.79 Å². The Morgan fingerprint density at radius 2 is 2.20 bits per heavy atom. The lowest BCUT2D eigenvalue weighted by atomic mass is 10.2. The smallest absolute Gasteiger partial charge is 0.196 e. The number of rotatable bonds is 5. The minimum Gasteiger partial charge on any atom is -0.351 e. The molecule has 3 rings (SSSR count). The van der Waals surface area contributed by atoms with Crippen molar-refractivity contribution in [1.82, 2.24) is 14.4 Å². The number of carbonyl (C=O) groups is 1. The van der Waals surface area contributed by atoms with Crippen LogP contribution in [0.5, 0.6) is 0 Å². The van der Waals surface area contributed by atoms with Crippen LogP contribution in [0.15, 0.2) is 36.1 Å². The van der Waals surface area contributed by atoms with E-state index in [9.17, 15) is 4.79 Å². The summed E-state index contributed by atoms with van der Waals surface area (Å²) in [4.78, 5) is 22.9. The summed E-state index contributed by atoms with van der Waals surface area (Å²) in [5.41, 5.74) is 1.76. The first kappa shape index (κ1) is 12.8. The Kier molecular flexibility index (Phi) is 3.47. The van der Waals surface area contributed by atoms with Gasteiger partial charge in [-0.15, -0.1) is 11.3 Å². The van der Waals surface area contributed by atoms with E-state index in [-0.39, 0.29) is 0 Å². The first-order chi connectivity index (χ1) is 9.83. The predicted octanol–water partition coefficient (Wildman–Crippen LogP) is 2.63. The van der Waals surface area contributed by atoms with Gasteiger partial charge in [0.25, 0.3) is 0 Å². The van der Waals surface area contributed by atoms with E-state index in [0.717, 1.165) is 29.2 Å². The summed E-state index contributed by atoms with van der Waals surface area (Å²) < 4.78 is 1.84. The number of hydrogen-bond acceptors (Lipinski definition) is 5. The molecule has 0 bridgehead atoms. The van der Waals surface area contributed by atoms with Crippen LogP contribution >= 0.6 is 11.3 Å². The van der Waals surface area contributed by atoms with E-state index in [0.29, 0.717) is 12.2 Å². The van der Waals surface area contributed by atoms with Crippen LogP contribution in [-0.2, 0) is 6.54 Å². The normalized spacial score (nSPS) is 10.8. The lowest BCUT2D eigenvalue weighted by molar-refractivity contribution is 0.111. The molecule has 0 saturated heterocycles. The summed E-state index contributed by atoms with van der Waals surface area (Å²) in [6, 6.07) is 3.95. The quantitative estimate of drug-likeness (QED) is 0.677. The summed E-state index contributed by atoms with van der Waals surface area (Å²) in [7, 11) is 0. The van der Waals surface area contributed by atoms with Gasteiger partial charge >= 0.3 is 0 Å². The van der Waals surface area contributed by atoms with Gasteiger partial charge in [-0.2, -0.15) is 0 Å². The number of imidazole rings is 1. The number of fused-ring (bicyclic) bond motifs is 1. The molecule has 3 aromatic heterocycles. The topological polar surface area (TPSA) is 50.5 Å². The van der Waals surface area contributed by atoms with Gasteiger partial charge in [0.05, 0.1) is 0 Å². The molecule has 0 amide bonds. The zero-order valence-corrected chi connectivity index (χ0v) is 11.9. The molecule has 20 heavy (non-hydrogen) atoms. The zero-order chi connectivity index (χ0) is 13.9. The molecule has 0 atom stereocenters. The van der Waals surface area contributed by atoms with E-state index < -0.39 is 0 Å². The predicted molar refractivity (Wildman–Crippen MR) is 79.4 cm³/mol. The van der Waals surface area contributed by atoms with Crippen LogP contribution in [-0.4, -0.2) is 27.2 Å². The Hall–Kier alpha value is -2.21. The molecule has 0 fully saturated rings. The standard InChI is InChI=1S/C14H14N4OS/c1-2-17(9-11-3-5-15-6-4-11)13-12(10-19)18-7-8-20-14(18)16-13/h3-8,10H,2,9H2,1H3. The van der Waals surface area contributed by atoms with E-state index >= 15 is 0 Å². The molecule has 0 aliphatic heterocycles. The van der Waals surface area contributed by atoms with Crippen LogP contribution in [0.25, 0.3) is 4.96 Å². The highest BCUT2D eigenvalue weighted by Crippen LogP contribution is 2.24. The van der Waals surface area contributed by atoms with Gasteiger partial charge in [0.1, 0.15) is 5.69 Å². The highest BCUT2D eigenvalue weighted by atomic mass is 32.1. The van der Waals surface area contributed by atoms with Gasteiger partial charge in [-0.25, -0.2) is 4.98 Å². The van der Waals surface area contributed by atoms with E-state index in [1.807, 2.05) is 28.1 Å². The average molecular weight is 286 g/mol. The Labute approximate surface area is 120 Å². The van der Waals surface area contributed by atoms with Crippen molar-refractivity contribution in [1.29, 1.82) is 0 Å². The van der Waals surface area contributed by atoms with E-state index in [1.165, 1.54) is 11.3 Å². The fraction of sp³-hybridized carbons (Fsp3) is 0.214. The number of pyridine rings is 1. The summed E-state index contributed by atoms with van der Waals surface area (Å²) in [6.07, 6.45) is 6.29. The molecular formula is C14H14N4OS. The molecule has 0 radical (unpaired) electrons. The first-order valence-corrected chi connectivity index (χ1v) is 7.26. The maximum atomic E-state index is 11.4. The lowest BCUT2D eigenvalue weighted by Gasteiger charge is -2.21. The molecule has 0 N–H and O–H groups in total. The largest absolute Gasteiger partial charge is 0.351 e. The molecule has 0 unspecified atom stereocenters. The molecular weight excluding hydrogens is 272 g/mol. The SMILES string of the molecule is CCN(Cc1ccncc1)c1nc2sccn2c1C=O. The molecule has 3 heterocycles. The maximum Gasteiger partial charge on any atom is 0.196 e. The number of anilines is 1. The minimum atomic E-state index is 0.608. The fourth-order valence-corrected chi connectivity index (χ4v) is 2.90. The van der Waals surface area contributed by atoms with E-state index in [4.69, 9.17) is 0 Å². The van der Waals surface area contributed by atoms with Gasteiger partial charge in [0.2, 0.25) is 0 Å². The van der Waals surface area contributed by atoms with Gasteiger partial charge in [-0.3, -0.25) is 14.2 Å². The van der Waals surface area contributed by atoms with Gasteiger partial charge in [0, 0.05) is 37.1 Å². The highest BCUT2D eigenvalue weighted by molar-refractivity contribution is 7.15. The van der Waals surface area contributed by atoms with Gasteiger partial charge in [0.15, 0.2) is 17.1 Å². The molecule has 0 saturated carbocycles. The Morgan fingerprint density at radius 1 is 1.40 bits per heavy atom. The number of thiazole rings is 1. The third-order valence-corrected chi connectivity index (χ3v) is 3.95. The van der Waals surface area contributed by atoms with Crippen LogP contribution in [0.2, 0.25) is 0 Å². The molecule has 102 valence electrons. The van der Waals surface area contributed by atoms with Crippen LogP contribution in [0.1, 0.15) is 23.0 Å². The Bertz CT molecular complexity index is 719. The summed E-state index contributed by atoms with van der Waals surface area (Å²) in [5, 5.41) is 1.93. The van der Waals surface area contributed by atoms with Crippen molar-refractivity contribution in [3.8, 4) is 0 Å². The number of carbonyl (C=O) groups excluding carboxylic acids is 1. The highest BCUT2D eigenvalue weighted by Gasteiger charge is 2.17. The molecule has 3 aromatic rings. The Morgan fingerprint density at radius 3 is 2.90 bits per heavy atom. The van der Waals surface area contributed by atoms with Crippen LogP contribution in [0.4, 0.5) is 5.82 Å². The van der Waals surface area contributed by atoms with Crippen molar-refractivity contribution in [3.63, 3.8) is 0 Å². The van der Waals surface area contributed by atoms with Crippen molar-refractivity contribution in [3.05, 3.63) is 47.4 Å². The van der Waals surface area contributed by atoms with Crippen LogP contribution in [0, 0.1) is 0 Å². The fourth-order valence-electron chi connectivity index (χ4n) is 2.18. The molecule has 0 aliphatic rings. The molecule has 0 aromatic carbocycles. The second kappa shape index (κ2) is 5.42. The summed E-state index contributed by atoms with van der Waals surface area (Å²) in [5.74, 6) is 0.742. The van der Waals surface area contributed by atoms with Crippen molar-refractivity contribution >= 4 is 28.4 Å². The van der Waals surface area contributed by atoms with E-state index in [2.05, 4.69) is 21.8 Å². The number of nitrogens with zero attached hydrogens (tertiary/aromatic N) is 4. The summed E-state index contributed by atoms with van der Waals surface area (Å²) >= 11 is 1.53. The van der Waals surface area contributed by atoms with Gasteiger partial charge < -0.3 is 4.90 Å². The van der Waals surface area contributed by atoms with E-state index in [1.54, 1.807) is 12.4 Å². The number of aldehydes is 1. The van der Waals surface area contributed by atoms with Gasteiger partial charge in [-0.05, 0) is 24.6 Å². The van der Waals surface area contributed by atoms with Crippen molar-refractivity contribution in [2.75, 3.05) is 11.4 Å². The average Bonchev–Trinajstić information content (AvgIpc) is 3.06. The third-order valence-electron chi connectivity index (χ3n) is 3.20. The molecule has 0 aliphatic carbocycles. The summed E-state index contributed by atoms with van der Waals surface area (Å²) in [6.45, 7) is 3.56. The van der Waals surface area contributed by atoms with Crippen LogP contribution in [0.3, 0.4) is 0 Å². The maximum absolute atomic E-state index is 11.4. The van der Waals surface area contributed by atoms with Gasteiger partial charge in [-0.1, -0.05) is 0 Å². The van der Waals surface area contributed by atoms with Crippen molar-refractivity contribution in [2.45, 2.75) is 13.5 Å². The molecule has 5 nitrogen and oxygen atoms in total. The minimum absolute atomic E-state index is 0.608. The molecule has 6 heteroatoms. The lowest BCUT2D eigenvalue weighted by Crippen LogP contribution is -2.23. The van der Waals surface area contributed by atoms with Crippen LogP contribution < -0.4 is 4.90 Å².